The molecule has 7 nitrogen and oxygen atoms in total. The zero-order valence-electron chi connectivity index (χ0n) is 11.9. The first-order valence-corrected chi connectivity index (χ1v) is 8.24. The van der Waals surface area contributed by atoms with Crippen molar-refractivity contribution < 1.29 is 28.2 Å². The Morgan fingerprint density at radius 2 is 1.91 bits per heavy atom. The first-order chi connectivity index (χ1) is 10.1. The molecule has 0 unspecified atom stereocenters. The number of benzene rings is 1. The molecule has 2 atom stereocenters. The van der Waals surface area contributed by atoms with Gasteiger partial charge in [0.2, 0.25) is 10.0 Å². The summed E-state index contributed by atoms with van der Waals surface area (Å²) in [6.45, 7) is 3.34. The number of hydrogen-bond acceptors (Lipinski definition) is 4. The quantitative estimate of drug-likeness (QED) is 0.690. The van der Waals surface area contributed by atoms with Crippen LogP contribution in [0.15, 0.2) is 23.1 Å². The van der Waals surface area contributed by atoms with Crippen molar-refractivity contribution in [3.8, 4) is 0 Å². The summed E-state index contributed by atoms with van der Waals surface area (Å²) < 4.78 is 26.6. The molecular formula is C13H16ClNO6S. The third kappa shape index (κ3) is 4.19. The Bertz CT molecular complexity index is 688. The molecule has 0 radical (unpaired) electrons. The van der Waals surface area contributed by atoms with Gasteiger partial charge in [0, 0.05) is 0 Å². The van der Waals surface area contributed by atoms with Crippen molar-refractivity contribution in [2.45, 2.75) is 31.2 Å². The average molecular weight is 350 g/mol. The lowest BCUT2D eigenvalue weighted by Crippen LogP contribution is -2.44. The highest BCUT2D eigenvalue weighted by Crippen LogP contribution is 2.21. The second-order valence-electron chi connectivity index (χ2n) is 4.77. The minimum atomic E-state index is -4.19. The van der Waals surface area contributed by atoms with E-state index in [9.17, 15) is 18.0 Å². The highest BCUT2D eigenvalue weighted by molar-refractivity contribution is 7.89. The van der Waals surface area contributed by atoms with Gasteiger partial charge in [-0.05, 0) is 24.1 Å². The lowest BCUT2D eigenvalue weighted by molar-refractivity contribution is -0.140. The third-order valence-electron chi connectivity index (χ3n) is 3.24. The molecule has 0 aliphatic rings. The molecular weight excluding hydrogens is 334 g/mol. The van der Waals surface area contributed by atoms with E-state index in [-0.39, 0.29) is 15.5 Å². The second kappa shape index (κ2) is 7.08. The van der Waals surface area contributed by atoms with E-state index in [1.54, 1.807) is 13.8 Å². The van der Waals surface area contributed by atoms with Crippen LogP contribution in [-0.2, 0) is 14.8 Å². The molecule has 0 aromatic heterocycles. The third-order valence-corrected chi connectivity index (χ3v) is 5.01. The van der Waals surface area contributed by atoms with Gasteiger partial charge in [-0.15, -0.1) is 0 Å². The number of carboxylic acid groups (broad SMARTS) is 2. The fourth-order valence-corrected chi connectivity index (χ4v) is 3.24. The minimum Gasteiger partial charge on any atom is -0.480 e. The molecule has 0 heterocycles. The van der Waals surface area contributed by atoms with Gasteiger partial charge in [-0.3, -0.25) is 4.79 Å². The van der Waals surface area contributed by atoms with Crippen molar-refractivity contribution >= 4 is 33.6 Å². The summed E-state index contributed by atoms with van der Waals surface area (Å²) in [7, 11) is -4.19. The lowest BCUT2D eigenvalue weighted by Gasteiger charge is -2.20. The highest BCUT2D eigenvalue weighted by Gasteiger charge is 2.30. The monoisotopic (exact) mass is 349 g/mol. The Labute approximate surface area is 133 Å². The van der Waals surface area contributed by atoms with Gasteiger partial charge in [0.05, 0.1) is 15.5 Å². The van der Waals surface area contributed by atoms with E-state index in [2.05, 4.69) is 4.72 Å². The molecule has 22 heavy (non-hydrogen) atoms. The number of rotatable bonds is 7. The number of aliphatic carboxylic acids is 1. The van der Waals surface area contributed by atoms with Gasteiger partial charge in [-0.2, -0.15) is 4.72 Å². The Morgan fingerprint density at radius 3 is 2.36 bits per heavy atom. The maximum absolute atomic E-state index is 12.2. The molecule has 0 bridgehead atoms. The number of carboxylic acids is 2. The van der Waals surface area contributed by atoms with Crippen LogP contribution >= 0.6 is 11.6 Å². The summed E-state index contributed by atoms with van der Waals surface area (Å²) in [5.41, 5.74) is -0.375. The summed E-state index contributed by atoms with van der Waals surface area (Å²) in [6.07, 6.45) is 0.459. The van der Waals surface area contributed by atoms with Crippen LogP contribution in [0.25, 0.3) is 0 Å². The van der Waals surface area contributed by atoms with Gasteiger partial charge in [-0.25, -0.2) is 13.2 Å². The largest absolute Gasteiger partial charge is 0.480 e. The van der Waals surface area contributed by atoms with Crippen LogP contribution in [-0.4, -0.2) is 36.6 Å². The molecule has 0 saturated heterocycles. The zero-order valence-corrected chi connectivity index (χ0v) is 13.5. The van der Waals surface area contributed by atoms with Gasteiger partial charge in [0.25, 0.3) is 0 Å². The van der Waals surface area contributed by atoms with Crippen molar-refractivity contribution in [2.75, 3.05) is 0 Å². The Balaban J connectivity index is 3.21. The van der Waals surface area contributed by atoms with Crippen molar-refractivity contribution in [1.82, 2.24) is 4.72 Å². The van der Waals surface area contributed by atoms with E-state index >= 15 is 0 Å². The Hall–Kier alpha value is -1.64. The molecule has 0 amide bonds. The number of carbonyl (C=O) groups is 2. The summed E-state index contributed by atoms with van der Waals surface area (Å²) in [5.74, 6) is -3.11. The van der Waals surface area contributed by atoms with Crippen LogP contribution in [0, 0.1) is 5.92 Å². The number of nitrogens with one attached hydrogen (secondary N) is 1. The summed E-state index contributed by atoms with van der Waals surface area (Å²) >= 11 is 5.68. The topological polar surface area (TPSA) is 121 Å². The molecule has 9 heteroatoms. The first kappa shape index (κ1) is 18.4. The van der Waals surface area contributed by atoms with Crippen LogP contribution in [0.3, 0.4) is 0 Å². The molecule has 0 fully saturated rings. The van der Waals surface area contributed by atoms with Crippen LogP contribution < -0.4 is 4.72 Å². The van der Waals surface area contributed by atoms with Gasteiger partial charge < -0.3 is 10.2 Å². The number of halogens is 1. The fraction of sp³-hybridized carbons (Fsp3) is 0.385. The smallest absolute Gasteiger partial charge is 0.337 e. The SMILES string of the molecule is CC[C@H](C)[C@@H](NS(=O)(=O)c1ccc(Cl)c(C(=O)O)c1)C(=O)O. The van der Waals surface area contributed by atoms with Crippen molar-refractivity contribution in [2.24, 2.45) is 5.92 Å². The zero-order chi connectivity index (χ0) is 17.1. The molecule has 0 spiro atoms. The fourth-order valence-electron chi connectivity index (χ4n) is 1.72. The van der Waals surface area contributed by atoms with E-state index in [4.69, 9.17) is 21.8 Å². The van der Waals surface area contributed by atoms with Crippen molar-refractivity contribution in [3.63, 3.8) is 0 Å². The predicted molar refractivity (Wildman–Crippen MR) is 79.6 cm³/mol. The predicted octanol–water partition coefficient (Wildman–Crippen LogP) is 1.82. The maximum atomic E-state index is 12.2. The van der Waals surface area contributed by atoms with Crippen LogP contribution in [0.2, 0.25) is 5.02 Å². The van der Waals surface area contributed by atoms with Gasteiger partial charge >= 0.3 is 11.9 Å². The molecule has 0 saturated carbocycles. The maximum Gasteiger partial charge on any atom is 0.337 e. The van der Waals surface area contributed by atoms with Crippen molar-refractivity contribution in [1.29, 1.82) is 0 Å². The summed E-state index contributed by atoms with van der Waals surface area (Å²) in [5, 5.41) is 18.0. The lowest BCUT2D eigenvalue weighted by atomic mass is 10.0. The van der Waals surface area contributed by atoms with E-state index in [0.29, 0.717) is 6.42 Å². The van der Waals surface area contributed by atoms with E-state index in [0.717, 1.165) is 18.2 Å². The van der Waals surface area contributed by atoms with Gasteiger partial charge in [0.15, 0.2) is 0 Å². The molecule has 1 rings (SSSR count). The highest BCUT2D eigenvalue weighted by atomic mass is 35.5. The summed E-state index contributed by atoms with van der Waals surface area (Å²) in [4.78, 5) is 21.8. The molecule has 1 aromatic rings. The first-order valence-electron chi connectivity index (χ1n) is 6.38. The number of hydrogen-bond donors (Lipinski definition) is 3. The van der Waals surface area contributed by atoms with Crippen LogP contribution in [0.1, 0.15) is 30.6 Å². The molecule has 3 N–H and O–H groups in total. The van der Waals surface area contributed by atoms with E-state index in [1.165, 1.54) is 0 Å². The minimum absolute atomic E-state index is 0.108. The van der Waals surface area contributed by atoms with Crippen LogP contribution in [0.5, 0.6) is 0 Å². The molecule has 122 valence electrons. The van der Waals surface area contributed by atoms with E-state index in [1.807, 2.05) is 0 Å². The Kier molecular flexibility index (Phi) is 5.92. The second-order valence-corrected chi connectivity index (χ2v) is 6.89. The normalized spacial score (nSPS) is 14.3. The molecule has 0 aliphatic carbocycles. The van der Waals surface area contributed by atoms with Crippen LogP contribution in [0.4, 0.5) is 0 Å². The van der Waals surface area contributed by atoms with E-state index < -0.39 is 33.9 Å². The number of sulfonamides is 1. The Morgan fingerprint density at radius 1 is 1.32 bits per heavy atom. The number of aromatic carboxylic acids is 1. The average Bonchev–Trinajstić information content (AvgIpc) is 2.43. The van der Waals surface area contributed by atoms with Gasteiger partial charge in [0.1, 0.15) is 6.04 Å². The summed E-state index contributed by atoms with van der Waals surface area (Å²) in [6, 6.07) is 1.84. The van der Waals surface area contributed by atoms with Crippen molar-refractivity contribution in [3.05, 3.63) is 28.8 Å². The molecule has 0 aliphatic heterocycles. The standard InChI is InChI=1S/C13H16ClNO6S/c1-3-7(2)11(13(18)19)15-22(20,21)8-4-5-10(14)9(6-8)12(16)17/h4-7,11,15H,3H2,1-2H3,(H,16,17)(H,18,19)/t7-,11+/m0/s1. The molecule has 1 aromatic carbocycles. The van der Waals surface area contributed by atoms with Gasteiger partial charge in [-0.1, -0.05) is 31.9 Å².